The number of thiophene rings is 1. The molecule has 6 heteroatoms. The Balaban J connectivity index is 2.04. The molecule has 0 saturated carbocycles. The van der Waals surface area contributed by atoms with E-state index in [0.717, 1.165) is 21.2 Å². The maximum atomic E-state index is 11.6. The first-order valence-corrected chi connectivity index (χ1v) is 8.50. The molecule has 0 aliphatic carbocycles. The molecule has 0 aliphatic rings. The Morgan fingerprint density at radius 2 is 2.15 bits per heavy atom. The number of nitrogens with one attached hydrogen (secondary N) is 1. The average molecular weight is 419 g/mol. The molecule has 3 nitrogen and oxygen atoms in total. The molecule has 0 aliphatic heterocycles. The zero-order valence-electron chi connectivity index (χ0n) is 10.8. The Labute approximate surface area is 138 Å². The summed E-state index contributed by atoms with van der Waals surface area (Å²) in [5.41, 5.74) is 1.49. The van der Waals surface area contributed by atoms with Gasteiger partial charge in [0.25, 0.3) is 0 Å². The van der Waals surface area contributed by atoms with Gasteiger partial charge in [0.05, 0.1) is 12.2 Å². The molecule has 1 N–H and O–H groups in total. The Bertz CT molecular complexity index is 613. The molecule has 20 heavy (non-hydrogen) atoms. The van der Waals surface area contributed by atoms with Crippen LogP contribution in [-0.4, -0.2) is 12.6 Å². The minimum Gasteiger partial charge on any atom is -0.462 e. The van der Waals surface area contributed by atoms with Crippen LogP contribution in [0.1, 0.15) is 22.2 Å². The second kappa shape index (κ2) is 7.24. The van der Waals surface area contributed by atoms with Crippen LogP contribution in [0, 0.1) is 0 Å². The number of anilines is 1. The Hall–Kier alpha value is -0.850. The van der Waals surface area contributed by atoms with Gasteiger partial charge >= 0.3 is 5.97 Å². The standard InChI is InChI=1S/C14H13Br2NO2S/c1-2-19-14(18)9-3-4-13(12(16)5-9)17-7-11-6-10(15)8-20-11/h3-6,8,17H,2,7H2,1H3. The second-order valence-electron chi connectivity index (χ2n) is 4.00. The number of esters is 1. The van der Waals surface area contributed by atoms with Crippen LogP contribution in [0.25, 0.3) is 0 Å². The smallest absolute Gasteiger partial charge is 0.338 e. The van der Waals surface area contributed by atoms with Crippen molar-refractivity contribution in [1.29, 1.82) is 0 Å². The van der Waals surface area contributed by atoms with E-state index < -0.39 is 0 Å². The number of carbonyl (C=O) groups excluding carboxylic acids is 1. The topological polar surface area (TPSA) is 38.3 Å². The summed E-state index contributed by atoms with van der Waals surface area (Å²) in [6.45, 7) is 2.92. The number of halogens is 2. The summed E-state index contributed by atoms with van der Waals surface area (Å²) < 4.78 is 6.91. The lowest BCUT2D eigenvalue weighted by atomic mass is 10.2. The molecule has 0 saturated heterocycles. The molecular weight excluding hydrogens is 406 g/mol. The molecule has 1 aromatic carbocycles. The molecule has 0 atom stereocenters. The fourth-order valence-electron chi connectivity index (χ4n) is 1.63. The van der Waals surface area contributed by atoms with Gasteiger partial charge in [-0.3, -0.25) is 0 Å². The SMILES string of the molecule is CCOC(=O)c1ccc(NCc2cc(Br)cs2)c(Br)c1. The lowest BCUT2D eigenvalue weighted by Gasteiger charge is -2.09. The highest BCUT2D eigenvalue weighted by atomic mass is 79.9. The van der Waals surface area contributed by atoms with Gasteiger partial charge in [-0.15, -0.1) is 11.3 Å². The summed E-state index contributed by atoms with van der Waals surface area (Å²) in [6.07, 6.45) is 0. The maximum absolute atomic E-state index is 11.6. The first-order chi connectivity index (χ1) is 9.60. The first-order valence-electron chi connectivity index (χ1n) is 6.03. The van der Waals surface area contributed by atoms with E-state index in [1.807, 2.05) is 6.07 Å². The predicted octanol–water partition coefficient (Wildman–Crippen LogP) is 5.06. The normalized spacial score (nSPS) is 10.3. The van der Waals surface area contributed by atoms with Crippen molar-refractivity contribution in [2.24, 2.45) is 0 Å². The van der Waals surface area contributed by atoms with Gasteiger partial charge in [0.2, 0.25) is 0 Å². The summed E-state index contributed by atoms with van der Waals surface area (Å²) in [4.78, 5) is 12.9. The highest BCUT2D eigenvalue weighted by molar-refractivity contribution is 9.10. The molecule has 0 radical (unpaired) electrons. The minimum atomic E-state index is -0.304. The van der Waals surface area contributed by atoms with Crippen molar-refractivity contribution < 1.29 is 9.53 Å². The molecule has 2 rings (SSSR count). The van der Waals surface area contributed by atoms with Gasteiger partial charge in [-0.2, -0.15) is 0 Å². The molecule has 1 heterocycles. The predicted molar refractivity (Wildman–Crippen MR) is 89.4 cm³/mol. The number of ether oxygens (including phenoxy) is 1. The van der Waals surface area contributed by atoms with E-state index in [9.17, 15) is 4.79 Å². The largest absolute Gasteiger partial charge is 0.462 e. The molecule has 0 amide bonds. The van der Waals surface area contributed by atoms with Crippen LogP contribution in [-0.2, 0) is 11.3 Å². The zero-order valence-corrected chi connectivity index (χ0v) is 14.8. The van der Waals surface area contributed by atoms with E-state index in [1.165, 1.54) is 4.88 Å². The monoisotopic (exact) mass is 417 g/mol. The molecular formula is C14H13Br2NO2S. The lowest BCUT2D eigenvalue weighted by molar-refractivity contribution is 0.0526. The van der Waals surface area contributed by atoms with Crippen LogP contribution < -0.4 is 5.32 Å². The first kappa shape index (κ1) is 15.5. The number of benzene rings is 1. The van der Waals surface area contributed by atoms with Gasteiger partial charge in [0, 0.05) is 31.4 Å². The van der Waals surface area contributed by atoms with E-state index in [1.54, 1.807) is 30.4 Å². The van der Waals surface area contributed by atoms with Crippen molar-refractivity contribution in [1.82, 2.24) is 0 Å². The van der Waals surface area contributed by atoms with Gasteiger partial charge in [0.15, 0.2) is 0 Å². The summed E-state index contributed by atoms with van der Waals surface area (Å²) >= 11 is 8.59. The summed E-state index contributed by atoms with van der Waals surface area (Å²) in [5.74, 6) is -0.304. The highest BCUT2D eigenvalue weighted by Crippen LogP contribution is 2.26. The fraction of sp³-hybridized carbons (Fsp3) is 0.214. The van der Waals surface area contributed by atoms with Crippen molar-refractivity contribution in [2.75, 3.05) is 11.9 Å². The Kier molecular flexibility index (Phi) is 5.63. The van der Waals surface area contributed by atoms with E-state index in [-0.39, 0.29) is 5.97 Å². The van der Waals surface area contributed by atoms with Crippen LogP contribution in [0.15, 0.2) is 38.6 Å². The Morgan fingerprint density at radius 3 is 2.75 bits per heavy atom. The van der Waals surface area contributed by atoms with Crippen LogP contribution >= 0.6 is 43.2 Å². The molecule has 0 spiro atoms. The summed E-state index contributed by atoms with van der Waals surface area (Å²) in [6, 6.07) is 7.48. The lowest BCUT2D eigenvalue weighted by Crippen LogP contribution is -2.05. The number of carbonyl (C=O) groups is 1. The van der Waals surface area contributed by atoms with Gasteiger partial charge in [-0.1, -0.05) is 0 Å². The molecule has 0 bridgehead atoms. The van der Waals surface area contributed by atoms with Crippen LogP contribution in [0.5, 0.6) is 0 Å². The summed E-state index contributed by atoms with van der Waals surface area (Å²) in [7, 11) is 0. The Morgan fingerprint density at radius 1 is 1.35 bits per heavy atom. The quantitative estimate of drug-likeness (QED) is 0.689. The zero-order chi connectivity index (χ0) is 14.5. The highest BCUT2D eigenvalue weighted by Gasteiger charge is 2.09. The van der Waals surface area contributed by atoms with Crippen molar-refractivity contribution >= 4 is 54.9 Å². The maximum Gasteiger partial charge on any atom is 0.338 e. The van der Waals surface area contributed by atoms with E-state index in [4.69, 9.17) is 4.74 Å². The number of hydrogen-bond donors (Lipinski definition) is 1. The van der Waals surface area contributed by atoms with E-state index >= 15 is 0 Å². The molecule has 0 unspecified atom stereocenters. The van der Waals surface area contributed by atoms with Crippen molar-refractivity contribution in [2.45, 2.75) is 13.5 Å². The van der Waals surface area contributed by atoms with Crippen molar-refractivity contribution in [3.63, 3.8) is 0 Å². The third-order valence-electron chi connectivity index (χ3n) is 2.56. The van der Waals surface area contributed by atoms with E-state index in [0.29, 0.717) is 12.2 Å². The second-order valence-corrected chi connectivity index (χ2v) is 6.77. The van der Waals surface area contributed by atoms with Crippen molar-refractivity contribution in [3.05, 3.63) is 49.0 Å². The van der Waals surface area contributed by atoms with E-state index in [2.05, 4.69) is 48.6 Å². The third kappa shape index (κ3) is 4.07. The number of rotatable bonds is 5. The molecule has 2 aromatic rings. The van der Waals surface area contributed by atoms with Crippen molar-refractivity contribution in [3.8, 4) is 0 Å². The summed E-state index contributed by atoms with van der Waals surface area (Å²) in [5, 5.41) is 5.38. The number of hydrogen-bond acceptors (Lipinski definition) is 4. The van der Waals surface area contributed by atoms with Crippen LogP contribution in [0.2, 0.25) is 0 Å². The van der Waals surface area contributed by atoms with Gasteiger partial charge in [-0.25, -0.2) is 4.79 Å². The molecule has 1 aromatic heterocycles. The van der Waals surface area contributed by atoms with Gasteiger partial charge < -0.3 is 10.1 Å². The van der Waals surface area contributed by atoms with Gasteiger partial charge in [-0.05, 0) is 63.0 Å². The van der Waals surface area contributed by atoms with Crippen LogP contribution in [0.4, 0.5) is 5.69 Å². The molecule has 0 fully saturated rings. The minimum absolute atomic E-state index is 0.304. The third-order valence-corrected chi connectivity index (χ3v) is 4.91. The average Bonchev–Trinajstić information content (AvgIpc) is 2.83. The molecule has 106 valence electrons. The van der Waals surface area contributed by atoms with Gasteiger partial charge in [0.1, 0.15) is 0 Å². The fourth-order valence-corrected chi connectivity index (χ4v) is 3.54. The van der Waals surface area contributed by atoms with Crippen LogP contribution in [0.3, 0.4) is 0 Å².